The number of hydrogen-bond donors (Lipinski definition) is 3. The van der Waals surface area contributed by atoms with Gasteiger partial charge in [-0.05, 0) is 37.9 Å². The first-order chi connectivity index (χ1) is 11.5. The molecule has 0 saturated carbocycles. The van der Waals surface area contributed by atoms with Gasteiger partial charge in [-0.2, -0.15) is 0 Å². The summed E-state index contributed by atoms with van der Waals surface area (Å²) in [5, 5.41) is 8.61. The monoisotopic (exact) mass is 375 g/mol. The maximum Gasteiger partial charge on any atom is 0.222 e. The average Bonchev–Trinajstić information content (AvgIpc) is 2.99. The van der Waals surface area contributed by atoms with E-state index in [-0.39, 0.29) is 36.2 Å². The van der Waals surface area contributed by atoms with Crippen LogP contribution in [0.3, 0.4) is 0 Å². The van der Waals surface area contributed by atoms with Gasteiger partial charge < -0.3 is 16.0 Å². The summed E-state index contributed by atoms with van der Waals surface area (Å²) in [7, 11) is 0. The molecule has 0 aromatic heterocycles. The van der Waals surface area contributed by atoms with Gasteiger partial charge in [0.15, 0.2) is 0 Å². The molecule has 2 amide bonds. The van der Waals surface area contributed by atoms with E-state index in [1.54, 1.807) is 0 Å². The summed E-state index contributed by atoms with van der Waals surface area (Å²) in [6.45, 7) is 3.81. The van der Waals surface area contributed by atoms with Crippen LogP contribution in [-0.2, 0) is 9.59 Å². The second kappa shape index (κ2) is 10.3. The van der Waals surface area contributed by atoms with Crippen molar-refractivity contribution >= 4 is 24.2 Å². The molecule has 0 radical (unpaired) electrons. The molecule has 1 saturated heterocycles. The molecule has 1 aliphatic heterocycles. The van der Waals surface area contributed by atoms with Gasteiger partial charge in [0.05, 0.1) is 12.5 Å². The van der Waals surface area contributed by atoms with Crippen LogP contribution in [0.1, 0.15) is 37.8 Å². The molecule has 1 aromatic carbocycles. The van der Waals surface area contributed by atoms with E-state index in [1.807, 2.05) is 0 Å². The van der Waals surface area contributed by atoms with Gasteiger partial charge in [0, 0.05) is 25.1 Å². The first-order valence-corrected chi connectivity index (χ1v) is 8.15. The number of benzene rings is 1. The third kappa shape index (κ3) is 6.96. The maximum absolute atomic E-state index is 13.9. The molecule has 2 atom stereocenters. The number of halogens is 3. The first kappa shape index (κ1) is 21.3. The lowest BCUT2D eigenvalue weighted by Gasteiger charge is -2.19. The number of hydrogen-bond acceptors (Lipinski definition) is 3. The van der Waals surface area contributed by atoms with Gasteiger partial charge in [-0.15, -0.1) is 12.4 Å². The Bertz CT molecular complexity index is 595. The molecular weight excluding hydrogens is 352 g/mol. The fraction of sp³-hybridized carbons (Fsp3) is 0.529. The van der Waals surface area contributed by atoms with Crippen molar-refractivity contribution in [1.82, 2.24) is 16.0 Å². The molecule has 2 rings (SSSR count). The van der Waals surface area contributed by atoms with Crippen LogP contribution < -0.4 is 16.0 Å². The Morgan fingerprint density at radius 1 is 1.36 bits per heavy atom. The SMILES string of the molecule is CC(=O)NC(CC(=O)NCCC1CCNC1)c1ccc(F)cc1F.Cl. The zero-order valence-corrected chi connectivity index (χ0v) is 14.9. The number of rotatable bonds is 7. The van der Waals surface area contributed by atoms with Gasteiger partial charge in [0.1, 0.15) is 11.6 Å². The number of carbonyl (C=O) groups excluding carboxylic acids is 2. The largest absolute Gasteiger partial charge is 0.356 e. The van der Waals surface area contributed by atoms with E-state index in [9.17, 15) is 18.4 Å². The van der Waals surface area contributed by atoms with Crippen LogP contribution in [0.4, 0.5) is 8.78 Å². The fourth-order valence-electron chi connectivity index (χ4n) is 2.90. The summed E-state index contributed by atoms with van der Waals surface area (Å²) in [5.74, 6) is -1.57. The van der Waals surface area contributed by atoms with E-state index in [4.69, 9.17) is 0 Å². The summed E-state index contributed by atoms with van der Waals surface area (Å²) >= 11 is 0. The zero-order valence-electron chi connectivity index (χ0n) is 14.1. The maximum atomic E-state index is 13.9. The lowest BCUT2D eigenvalue weighted by Crippen LogP contribution is -2.34. The molecule has 1 aromatic rings. The van der Waals surface area contributed by atoms with E-state index >= 15 is 0 Å². The molecular formula is C17H24ClF2N3O2. The molecule has 140 valence electrons. The molecule has 1 fully saturated rings. The summed E-state index contributed by atoms with van der Waals surface area (Å²) in [6, 6.07) is 2.28. The Morgan fingerprint density at radius 2 is 2.12 bits per heavy atom. The van der Waals surface area contributed by atoms with Gasteiger partial charge in [-0.25, -0.2) is 8.78 Å². The van der Waals surface area contributed by atoms with Gasteiger partial charge in [-0.3, -0.25) is 9.59 Å². The molecule has 1 heterocycles. The lowest BCUT2D eigenvalue weighted by atomic mass is 10.0. The summed E-state index contributed by atoms with van der Waals surface area (Å²) in [5.41, 5.74) is 0.0988. The minimum Gasteiger partial charge on any atom is -0.356 e. The smallest absolute Gasteiger partial charge is 0.222 e. The topological polar surface area (TPSA) is 70.2 Å². The Labute approximate surface area is 152 Å². The van der Waals surface area contributed by atoms with Crippen LogP contribution in [0, 0.1) is 17.6 Å². The van der Waals surface area contributed by atoms with Crippen LogP contribution in [-0.4, -0.2) is 31.4 Å². The van der Waals surface area contributed by atoms with Crippen molar-refractivity contribution in [1.29, 1.82) is 0 Å². The number of nitrogens with one attached hydrogen (secondary N) is 3. The van der Waals surface area contributed by atoms with Crippen molar-refractivity contribution in [2.24, 2.45) is 5.92 Å². The van der Waals surface area contributed by atoms with Crippen LogP contribution >= 0.6 is 12.4 Å². The van der Waals surface area contributed by atoms with Crippen molar-refractivity contribution in [2.45, 2.75) is 32.2 Å². The van der Waals surface area contributed by atoms with Crippen molar-refractivity contribution in [3.05, 3.63) is 35.4 Å². The highest BCUT2D eigenvalue weighted by atomic mass is 35.5. The molecule has 5 nitrogen and oxygen atoms in total. The Morgan fingerprint density at radius 3 is 2.72 bits per heavy atom. The fourth-order valence-corrected chi connectivity index (χ4v) is 2.90. The standard InChI is InChI=1S/C17H23F2N3O2.ClH/c1-11(23)22-16(14-3-2-13(18)8-15(14)19)9-17(24)21-7-5-12-4-6-20-10-12;/h2-3,8,12,16,20H,4-7,9-10H2,1H3,(H,21,24)(H,22,23);1H. The zero-order chi connectivity index (χ0) is 17.5. The van der Waals surface area contributed by atoms with E-state index in [0.717, 1.165) is 38.1 Å². The van der Waals surface area contributed by atoms with E-state index in [2.05, 4.69) is 16.0 Å². The molecule has 0 aliphatic carbocycles. The second-order valence-corrected chi connectivity index (χ2v) is 6.12. The third-order valence-electron chi connectivity index (χ3n) is 4.14. The van der Waals surface area contributed by atoms with Crippen molar-refractivity contribution < 1.29 is 18.4 Å². The van der Waals surface area contributed by atoms with Crippen molar-refractivity contribution in [2.75, 3.05) is 19.6 Å². The number of amides is 2. The highest BCUT2D eigenvalue weighted by molar-refractivity contribution is 5.85. The van der Waals surface area contributed by atoms with Crippen LogP contribution in [0.15, 0.2) is 18.2 Å². The molecule has 2 unspecified atom stereocenters. The highest BCUT2D eigenvalue weighted by Gasteiger charge is 2.21. The normalized spacial score (nSPS) is 17.5. The van der Waals surface area contributed by atoms with Gasteiger partial charge >= 0.3 is 0 Å². The molecule has 1 aliphatic rings. The lowest BCUT2D eigenvalue weighted by molar-refractivity contribution is -0.122. The van der Waals surface area contributed by atoms with Gasteiger partial charge in [0.2, 0.25) is 11.8 Å². The van der Waals surface area contributed by atoms with E-state index in [1.165, 1.54) is 13.0 Å². The highest BCUT2D eigenvalue weighted by Crippen LogP contribution is 2.21. The van der Waals surface area contributed by atoms with Crippen LogP contribution in [0.2, 0.25) is 0 Å². The quantitative estimate of drug-likeness (QED) is 0.683. The molecule has 3 N–H and O–H groups in total. The Kier molecular flexibility index (Phi) is 8.78. The summed E-state index contributed by atoms with van der Waals surface area (Å²) in [6.07, 6.45) is 1.89. The first-order valence-electron chi connectivity index (χ1n) is 8.15. The van der Waals surface area contributed by atoms with Crippen LogP contribution in [0.25, 0.3) is 0 Å². The molecule has 0 bridgehead atoms. The summed E-state index contributed by atoms with van der Waals surface area (Å²) in [4.78, 5) is 23.4. The predicted molar refractivity (Wildman–Crippen MR) is 93.4 cm³/mol. The average molecular weight is 376 g/mol. The van der Waals surface area contributed by atoms with Crippen molar-refractivity contribution in [3.63, 3.8) is 0 Å². The minimum atomic E-state index is -0.823. The molecule has 25 heavy (non-hydrogen) atoms. The Hall–Kier alpha value is -1.73. The minimum absolute atomic E-state index is 0. The molecule has 0 spiro atoms. The summed E-state index contributed by atoms with van der Waals surface area (Å²) < 4.78 is 27.0. The van der Waals surface area contributed by atoms with Gasteiger partial charge in [0.25, 0.3) is 0 Å². The molecule has 8 heteroatoms. The third-order valence-corrected chi connectivity index (χ3v) is 4.14. The van der Waals surface area contributed by atoms with E-state index in [0.29, 0.717) is 12.5 Å². The van der Waals surface area contributed by atoms with Gasteiger partial charge in [-0.1, -0.05) is 6.07 Å². The van der Waals surface area contributed by atoms with E-state index < -0.39 is 17.7 Å². The van der Waals surface area contributed by atoms with Crippen molar-refractivity contribution in [3.8, 4) is 0 Å². The predicted octanol–water partition coefficient (Wildman–Crippen LogP) is 2.07. The number of carbonyl (C=O) groups is 2. The Balaban J connectivity index is 0.00000312. The van der Waals surface area contributed by atoms with Crippen LogP contribution in [0.5, 0.6) is 0 Å². The second-order valence-electron chi connectivity index (χ2n) is 6.12.